The standard InChI is InChI=1S/C14H21NO2/c1-9(2)11-7-12(13(16)8-15-4)10(3)6-14(11)17-5/h6-7,9,15H,8H2,1-5H3. The Morgan fingerprint density at radius 1 is 1.41 bits per heavy atom. The fourth-order valence-electron chi connectivity index (χ4n) is 1.88. The molecule has 0 aliphatic rings. The van der Waals surface area contributed by atoms with E-state index >= 15 is 0 Å². The van der Waals surface area contributed by atoms with Crippen LogP contribution in [0.1, 0.15) is 41.3 Å². The van der Waals surface area contributed by atoms with Crippen molar-refractivity contribution in [1.29, 1.82) is 0 Å². The van der Waals surface area contributed by atoms with Crippen LogP contribution >= 0.6 is 0 Å². The highest BCUT2D eigenvalue weighted by Crippen LogP contribution is 2.29. The van der Waals surface area contributed by atoms with Crippen LogP contribution in [0, 0.1) is 6.92 Å². The second-order valence-electron chi connectivity index (χ2n) is 4.52. The highest BCUT2D eigenvalue weighted by atomic mass is 16.5. The number of hydrogen-bond donors (Lipinski definition) is 1. The Balaban J connectivity index is 3.24. The Morgan fingerprint density at radius 2 is 2.06 bits per heavy atom. The zero-order valence-corrected chi connectivity index (χ0v) is 11.3. The number of rotatable bonds is 5. The van der Waals surface area contributed by atoms with E-state index in [1.165, 1.54) is 0 Å². The molecule has 1 aromatic rings. The van der Waals surface area contributed by atoms with Crippen LogP contribution in [0.5, 0.6) is 5.75 Å². The van der Waals surface area contributed by atoms with Gasteiger partial charge in [-0.15, -0.1) is 0 Å². The van der Waals surface area contributed by atoms with E-state index in [2.05, 4.69) is 19.2 Å². The van der Waals surface area contributed by atoms with Gasteiger partial charge in [0.15, 0.2) is 5.78 Å². The van der Waals surface area contributed by atoms with Crippen LogP contribution in [-0.4, -0.2) is 26.5 Å². The molecular formula is C14H21NO2. The lowest BCUT2D eigenvalue weighted by Crippen LogP contribution is -2.19. The predicted molar refractivity (Wildman–Crippen MR) is 70.1 cm³/mol. The van der Waals surface area contributed by atoms with E-state index in [9.17, 15) is 4.79 Å². The number of nitrogens with one attached hydrogen (secondary N) is 1. The lowest BCUT2D eigenvalue weighted by molar-refractivity contribution is 0.0993. The molecule has 0 saturated heterocycles. The summed E-state index contributed by atoms with van der Waals surface area (Å²) in [7, 11) is 3.44. The van der Waals surface area contributed by atoms with Crippen molar-refractivity contribution in [2.24, 2.45) is 0 Å². The molecule has 0 radical (unpaired) electrons. The molecule has 0 aliphatic carbocycles. The molecule has 1 N–H and O–H groups in total. The first-order valence-corrected chi connectivity index (χ1v) is 5.87. The Labute approximate surface area is 103 Å². The number of aryl methyl sites for hydroxylation is 1. The van der Waals surface area contributed by atoms with Crippen LogP contribution in [0.3, 0.4) is 0 Å². The average molecular weight is 235 g/mol. The molecule has 0 unspecified atom stereocenters. The summed E-state index contributed by atoms with van der Waals surface area (Å²) >= 11 is 0. The topological polar surface area (TPSA) is 38.3 Å². The zero-order chi connectivity index (χ0) is 13.0. The van der Waals surface area contributed by atoms with Gasteiger partial charge in [0.25, 0.3) is 0 Å². The van der Waals surface area contributed by atoms with Gasteiger partial charge in [0.1, 0.15) is 5.75 Å². The smallest absolute Gasteiger partial charge is 0.176 e. The van der Waals surface area contributed by atoms with Crippen molar-refractivity contribution in [3.05, 3.63) is 28.8 Å². The number of hydrogen-bond acceptors (Lipinski definition) is 3. The molecule has 1 rings (SSSR count). The third-order valence-corrected chi connectivity index (χ3v) is 2.84. The number of ketones is 1. The number of carbonyl (C=O) groups is 1. The molecule has 0 spiro atoms. The Hall–Kier alpha value is -1.35. The molecule has 0 aromatic heterocycles. The van der Waals surface area contributed by atoms with Gasteiger partial charge in [-0.05, 0) is 43.1 Å². The molecule has 0 saturated carbocycles. The highest BCUT2D eigenvalue weighted by Gasteiger charge is 2.15. The van der Waals surface area contributed by atoms with Crippen LogP contribution in [0.15, 0.2) is 12.1 Å². The predicted octanol–water partition coefficient (Wildman–Crippen LogP) is 2.53. The van der Waals surface area contributed by atoms with Gasteiger partial charge in [0, 0.05) is 5.56 Å². The van der Waals surface area contributed by atoms with E-state index < -0.39 is 0 Å². The maximum atomic E-state index is 11.9. The first-order valence-electron chi connectivity index (χ1n) is 5.87. The summed E-state index contributed by atoms with van der Waals surface area (Å²) in [6.45, 7) is 6.50. The van der Waals surface area contributed by atoms with Crippen LogP contribution in [0.25, 0.3) is 0 Å². The average Bonchev–Trinajstić information content (AvgIpc) is 2.28. The minimum Gasteiger partial charge on any atom is -0.496 e. The monoisotopic (exact) mass is 235 g/mol. The van der Waals surface area contributed by atoms with Gasteiger partial charge in [-0.25, -0.2) is 0 Å². The summed E-state index contributed by atoms with van der Waals surface area (Å²) in [6.07, 6.45) is 0. The van der Waals surface area contributed by atoms with Gasteiger partial charge in [-0.1, -0.05) is 13.8 Å². The van der Waals surface area contributed by atoms with Crippen molar-refractivity contribution in [3.63, 3.8) is 0 Å². The highest BCUT2D eigenvalue weighted by molar-refractivity contribution is 5.99. The molecule has 0 bridgehead atoms. The number of Topliss-reactive ketones (excluding diaryl/α,β-unsaturated/α-hetero) is 1. The van der Waals surface area contributed by atoms with Gasteiger partial charge < -0.3 is 10.1 Å². The van der Waals surface area contributed by atoms with Gasteiger partial charge in [-0.2, -0.15) is 0 Å². The maximum Gasteiger partial charge on any atom is 0.176 e. The molecule has 17 heavy (non-hydrogen) atoms. The number of ether oxygens (including phenoxy) is 1. The van der Waals surface area contributed by atoms with E-state index in [0.29, 0.717) is 12.5 Å². The first kappa shape index (κ1) is 13.7. The fourth-order valence-corrected chi connectivity index (χ4v) is 1.88. The van der Waals surface area contributed by atoms with Crippen molar-refractivity contribution < 1.29 is 9.53 Å². The van der Waals surface area contributed by atoms with Crippen LogP contribution in [0.4, 0.5) is 0 Å². The molecule has 3 nitrogen and oxygen atoms in total. The van der Waals surface area contributed by atoms with E-state index in [4.69, 9.17) is 4.74 Å². The molecule has 0 heterocycles. The second-order valence-corrected chi connectivity index (χ2v) is 4.52. The first-order chi connectivity index (χ1) is 8.01. The minimum absolute atomic E-state index is 0.120. The van der Waals surface area contributed by atoms with Crippen molar-refractivity contribution in [3.8, 4) is 5.75 Å². The van der Waals surface area contributed by atoms with Crippen LogP contribution in [-0.2, 0) is 0 Å². The van der Waals surface area contributed by atoms with E-state index in [1.807, 2.05) is 19.1 Å². The van der Waals surface area contributed by atoms with E-state index in [0.717, 1.165) is 22.4 Å². The summed E-state index contributed by atoms with van der Waals surface area (Å²) in [5, 5.41) is 2.89. The summed E-state index contributed by atoms with van der Waals surface area (Å²) in [5.41, 5.74) is 2.83. The van der Waals surface area contributed by atoms with Gasteiger partial charge in [0.2, 0.25) is 0 Å². The third kappa shape index (κ3) is 3.07. The fraction of sp³-hybridized carbons (Fsp3) is 0.500. The molecule has 0 fully saturated rings. The largest absolute Gasteiger partial charge is 0.496 e. The molecule has 94 valence electrons. The lowest BCUT2D eigenvalue weighted by atomic mass is 9.94. The molecule has 1 aromatic carbocycles. The summed E-state index contributed by atoms with van der Waals surface area (Å²) in [5.74, 6) is 1.32. The van der Waals surface area contributed by atoms with Gasteiger partial charge >= 0.3 is 0 Å². The number of likely N-dealkylation sites (N-methyl/N-ethyl adjacent to an activating group) is 1. The van der Waals surface area contributed by atoms with Crippen molar-refractivity contribution in [1.82, 2.24) is 5.32 Å². The summed E-state index contributed by atoms with van der Waals surface area (Å²) < 4.78 is 5.36. The molecule has 0 atom stereocenters. The van der Waals surface area contributed by atoms with Crippen LogP contribution in [0.2, 0.25) is 0 Å². The molecular weight excluding hydrogens is 214 g/mol. The molecule has 0 amide bonds. The lowest BCUT2D eigenvalue weighted by Gasteiger charge is -2.15. The SMILES string of the molecule is CNCC(=O)c1cc(C(C)C)c(OC)cc1C. The Bertz CT molecular complexity index is 411. The van der Waals surface area contributed by atoms with Crippen LogP contribution < -0.4 is 10.1 Å². The molecule has 0 aliphatic heterocycles. The number of carbonyl (C=O) groups excluding carboxylic acids is 1. The molecule has 3 heteroatoms. The van der Waals surface area contributed by atoms with E-state index in [1.54, 1.807) is 14.2 Å². The zero-order valence-electron chi connectivity index (χ0n) is 11.3. The van der Waals surface area contributed by atoms with Crippen molar-refractivity contribution >= 4 is 5.78 Å². The third-order valence-electron chi connectivity index (χ3n) is 2.84. The normalized spacial score (nSPS) is 10.7. The second kappa shape index (κ2) is 5.82. The Morgan fingerprint density at radius 3 is 2.53 bits per heavy atom. The summed E-state index contributed by atoms with van der Waals surface area (Å²) in [4.78, 5) is 11.9. The van der Waals surface area contributed by atoms with Gasteiger partial charge in [-0.3, -0.25) is 4.79 Å². The quantitative estimate of drug-likeness (QED) is 0.797. The number of methoxy groups -OCH3 is 1. The minimum atomic E-state index is 0.120. The number of benzene rings is 1. The maximum absolute atomic E-state index is 11.9. The van der Waals surface area contributed by atoms with Gasteiger partial charge in [0.05, 0.1) is 13.7 Å². The summed E-state index contributed by atoms with van der Waals surface area (Å²) in [6, 6.07) is 3.90. The van der Waals surface area contributed by atoms with Crippen molar-refractivity contribution in [2.75, 3.05) is 20.7 Å². The Kier molecular flexibility index (Phi) is 4.70. The van der Waals surface area contributed by atoms with E-state index in [-0.39, 0.29) is 5.78 Å². The van der Waals surface area contributed by atoms with Crippen molar-refractivity contribution in [2.45, 2.75) is 26.7 Å².